The summed E-state index contributed by atoms with van der Waals surface area (Å²) in [6, 6.07) is 13.8. The first-order valence-electron chi connectivity index (χ1n) is 17.3. The van der Waals surface area contributed by atoms with Gasteiger partial charge in [0.15, 0.2) is 0 Å². The Morgan fingerprint density at radius 3 is 2.36 bits per heavy atom. The Balaban J connectivity index is 1.08. The second kappa shape index (κ2) is 15.7. The Labute approximate surface area is 282 Å². The summed E-state index contributed by atoms with van der Waals surface area (Å²) in [5.74, 6) is 0.142. The molecule has 0 unspecified atom stereocenters. The molecule has 2 amide bonds. The van der Waals surface area contributed by atoms with Gasteiger partial charge in [0.05, 0.1) is 18.3 Å². The summed E-state index contributed by atoms with van der Waals surface area (Å²) in [6.07, 6.45) is 14.0. The number of carbonyl (C=O) groups is 2. The zero-order valence-electron chi connectivity index (χ0n) is 27.1. The van der Waals surface area contributed by atoms with E-state index in [0.29, 0.717) is 17.4 Å². The molecule has 1 saturated carbocycles. The van der Waals surface area contributed by atoms with Gasteiger partial charge >= 0.3 is 0 Å². The zero-order chi connectivity index (χ0) is 32.6. The van der Waals surface area contributed by atoms with E-state index in [0.717, 1.165) is 64.0 Å². The molecule has 3 aromatic rings. The molecular weight excluding hydrogens is 617 g/mol. The number of hydrogen-bond donors (Lipinski definition) is 2. The zero-order valence-corrected chi connectivity index (χ0v) is 27.9. The maximum Gasteiger partial charge on any atom is 0.240 e. The van der Waals surface area contributed by atoms with Crippen LogP contribution in [0.4, 0.5) is 10.1 Å². The summed E-state index contributed by atoms with van der Waals surface area (Å²) in [6.45, 7) is 4.01. The molecule has 0 spiro atoms. The van der Waals surface area contributed by atoms with Gasteiger partial charge < -0.3 is 15.5 Å². The van der Waals surface area contributed by atoms with Crippen LogP contribution >= 0.6 is 11.6 Å². The lowest BCUT2D eigenvalue weighted by Crippen LogP contribution is -2.56. The van der Waals surface area contributed by atoms with Gasteiger partial charge in [-0.2, -0.15) is 5.10 Å². The number of nitrogens with zero attached hydrogens (tertiary/aromatic N) is 5. The van der Waals surface area contributed by atoms with Gasteiger partial charge in [-0.05, 0) is 86.1 Å². The Kier molecular flexibility index (Phi) is 11.2. The SMILES string of the molecule is O=C(CN1CCC(N[C@H](Cc2ccc(Cl)cc2)C(=O)N2CCC(Cn3cncn3)(C3CCCCC3)CC2)CC1)Nc1ccccc1F. The van der Waals surface area contributed by atoms with Crippen molar-refractivity contribution < 1.29 is 14.0 Å². The standard InChI is InChI=1S/C36H47ClFN7O2/c37-29-12-10-27(11-13-29)22-33(41-30-14-18-43(19-15-30)23-34(46)42-32-9-5-4-8-31(32)38)35(47)44-20-16-36(17-21-44,24-45-26-39-25-40-45)28-6-2-1-3-7-28/h4-5,8-13,25-26,28,30,33,41H,1-3,6-7,14-24H2,(H,42,46)/t33-/m1/s1. The quantitative estimate of drug-likeness (QED) is 0.279. The smallest absolute Gasteiger partial charge is 0.240 e. The maximum atomic E-state index is 14.3. The summed E-state index contributed by atoms with van der Waals surface area (Å²) in [7, 11) is 0. The number of carbonyl (C=O) groups excluding carboxylic acids is 2. The van der Waals surface area contributed by atoms with Gasteiger partial charge in [-0.1, -0.05) is 55.1 Å². The minimum absolute atomic E-state index is 0.134. The second-order valence-electron chi connectivity index (χ2n) is 13.7. The minimum atomic E-state index is -0.441. The van der Waals surface area contributed by atoms with Crippen LogP contribution in [0.5, 0.6) is 0 Å². The fraction of sp³-hybridized carbons (Fsp3) is 0.556. The van der Waals surface area contributed by atoms with E-state index in [1.54, 1.807) is 24.5 Å². The van der Waals surface area contributed by atoms with Crippen LogP contribution < -0.4 is 10.6 Å². The van der Waals surface area contributed by atoms with Crippen LogP contribution in [-0.4, -0.2) is 81.2 Å². The Hall–Kier alpha value is -3.34. The minimum Gasteiger partial charge on any atom is -0.341 e. The van der Waals surface area contributed by atoms with Gasteiger partial charge in [0.2, 0.25) is 11.8 Å². The first kappa shape index (κ1) is 33.6. The van der Waals surface area contributed by atoms with Crippen LogP contribution in [0.25, 0.3) is 0 Å². The van der Waals surface area contributed by atoms with Crippen molar-refractivity contribution in [1.29, 1.82) is 0 Å². The molecule has 47 heavy (non-hydrogen) atoms. The summed E-state index contributed by atoms with van der Waals surface area (Å²) < 4.78 is 16.0. The van der Waals surface area contributed by atoms with Crippen LogP contribution in [0.2, 0.25) is 5.02 Å². The third-order valence-electron chi connectivity index (χ3n) is 10.7. The molecule has 9 nitrogen and oxygen atoms in total. The van der Waals surface area contributed by atoms with Gasteiger partial charge in [0.25, 0.3) is 0 Å². The normalized spacial score (nSPS) is 20.2. The van der Waals surface area contributed by atoms with Crippen molar-refractivity contribution in [2.45, 2.75) is 82.8 Å². The van der Waals surface area contributed by atoms with Crippen LogP contribution in [0.3, 0.4) is 0 Å². The summed E-state index contributed by atoms with van der Waals surface area (Å²) in [4.78, 5) is 35.3. The van der Waals surface area contributed by atoms with E-state index < -0.39 is 5.82 Å². The molecule has 2 aromatic carbocycles. The first-order chi connectivity index (χ1) is 22.9. The molecule has 3 fully saturated rings. The van der Waals surface area contributed by atoms with Crippen molar-refractivity contribution in [1.82, 2.24) is 29.9 Å². The van der Waals surface area contributed by atoms with E-state index in [2.05, 4.69) is 30.5 Å². The molecule has 0 bridgehead atoms. The number of halogens is 2. The lowest BCUT2D eigenvalue weighted by molar-refractivity contribution is -0.137. The number of anilines is 1. The molecule has 2 saturated heterocycles. The van der Waals surface area contributed by atoms with Gasteiger partial charge in [-0.25, -0.2) is 9.37 Å². The van der Waals surface area contributed by atoms with E-state index >= 15 is 0 Å². The first-order valence-corrected chi connectivity index (χ1v) is 17.6. The average molecular weight is 664 g/mol. The van der Waals surface area contributed by atoms with Crippen LogP contribution in [0.1, 0.15) is 63.4 Å². The van der Waals surface area contributed by atoms with Crippen LogP contribution in [0.15, 0.2) is 61.2 Å². The third kappa shape index (κ3) is 8.77. The number of hydrogen-bond acceptors (Lipinski definition) is 6. The third-order valence-corrected chi connectivity index (χ3v) is 10.9. The number of likely N-dealkylation sites (tertiary alicyclic amines) is 2. The highest BCUT2D eigenvalue weighted by Gasteiger charge is 2.44. The van der Waals surface area contributed by atoms with Crippen molar-refractivity contribution in [3.05, 3.63) is 77.6 Å². The number of piperidine rings is 2. The maximum absolute atomic E-state index is 14.3. The molecule has 0 radical (unpaired) electrons. The molecule has 1 atom stereocenters. The molecule has 1 aromatic heterocycles. The van der Waals surface area contributed by atoms with E-state index in [9.17, 15) is 14.0 Å². The fourth-order valence-electron chi connectivity index (χ4n) is 8.01. The van der Waals surface area contributed by atoms with Gasteiger partial charge in [-0.15, -0.1) is 0 Å². The molecule has 252 valence electrons. The molecule has 3 aliphatic rings. The number of para-hydroxylation sites is 1. The van der Waals surface area contributed by atoms with Crippen molar-refractivity contribution in [3.8, 4) is 0 Å². The van der Waals surface area contributed by atoms with E-state index in [1.807, 2.05) is 35.3 Å². The lowest BCUT2D eigenvalue weighted by Gasteiger charge is -2.48. The van der Waals surface area contributed by atoms with Crippen molar-refractivity contribution in [2.24, 2.45) is 11.3 Å². The second-order valence-corrected chi connectivity index (χ2v) is 14.2. The Bertz CT molecular complexity index is 1450. The average Bonchev–Trinajstić information content (AvgIpc) is 3.60. The highest BCUT2D eigenvalue weighted by molar-refractivity contribution is 6.30. The summed E-state index contributed by atoms with van der Waals surface area (Å²) in [5, 5.41) is 11.6. The van der Waals surface area contributed by atoms with Crippen LogP contribution in [-0.2, 0) is 22.6 Å². The topological polar surface area (TPSA) is 95.4 Å². The van der Waals surface area contributed by atoms with E-state index in [-0.39, 0.29) is 41.5 Å². The van der Waals surface area contributed by atoms with Gasteiger partial charge in [-0.3, -0.25) is 19.2 Å². The lowest BCUT2D eigenvalue weighted by atomic mass is 9.63. The number of nitrogens with one attached hydrogen (secondary N) is 2. The highest BCUT2D eigenvalue weighted by Crippen LogP contribution is 2.47. The molecule has 2 aliphatic heterocycles. The van der Waals surface area contributed by atoms with E-state index in [4.69, 9.17) is 11.6 Å². The number of aromatic nitrogens is 3. The Morgan fingerprint density at radius 2 is 1.68 bits per heavy atom. The van der Waals surface area contributed by atoms with Crippen molar-refractivity contribution in [2.75, 3.05) is 38.0 Å². The van der Waals surface area contributed by atoms with Crippen molar-refractivity contribution >= 4 is 29.1 Å². The molecular formula is C36H47ClFN7O2. The van der Waals surface area contributed by atoms with Crippen LogP contribution in [0, 0.1) is 17.2 Å². The largest absolute Gasteiger partial charge is 0.341 e. The van der Waals surface area contributed by atoms with Gasteiger partial charge in [0.1, 0.15) is 18.5 Å². The molecule has 11 heteroatoms. The summed E-state index contributed by atoms with van der Waals surface area (Å²) in [5.41, 5.74) is 1.40. The highest BCUT2D eigenvalue weighted by atomic mass is 35.5. The molecule has 1 aliphatic carbocycles. The molecule has 3 heterocycles. The number of benzene rings is 2. The number of rotatable bonds is 11. The molecule has 6 rings (SSSR count). The molecule has 2 N–H and O–H groups in total. The van der Waals surface area contributed by atoms with Crippen molar-refractivity contribution in [3.63, 3.8) is 0 Å². The summed E-state index contributed by atoms with van der Waals surface area (Å²) >= 11 is 6.18. The fourth-order valence-corrected chi connectivity index (χ4v) is 8.14. The van der Waals surface area contributed by atoms with E-state index in [1.165, 1.54) is 38.2 Å². The van der Waals surface area contributed by atoms with Gasteiger partial charge in [0, 0.05) is 43.8 Å². The number of amides is 2. The predicted molar refractivity (Wildman–Crippen MR) is 181 cm³/mol. The predicted octanol–water partition coefficient (Wildman–Crippen LogP) is 5.56. The monoisotopic (exact) mass is 663 g/mol. The Morgan fingerprint density at radius 1 is 0.957 bits per heavy atom.